The van der Waals surface area contributed by atoms with Crippen LogP contribution in [0.3, 0.4) is 0 Å². The molecular weight excluding hydrogens is 520 g/mol. The molecule has 1 nitrogen and oxygen atoms in total. The van der Waals surface area contributed by atoms with E-state index in [2.05, 4.69) is 146 Å². The van der Waals surface area contributed by atoms with Crippen molar-refractivity contribution in [3.05, 3.63) is 158 Å². The minimum atomic E-state index is 0.924. The van der Waals surface area contributed by atoms with Crippen LogP contribution in [0, 0.1) is 0 Å². The molecule has 1 heterocycles. The highest BCUT2D eigenvalue weighted by Gasteiger charge is 2.11. The number of fused-ring (bicyclic) bond motifs is 7. The second-order valence-electron chi connectivity index (χ2n) is 11.4. The highest BCUT2D eigenvalue weighted by atomic mass is 16.3. The summed E-state index contributed by atoms with van der Waals surface area (Å²) in [6.07, 6.45) is 0. The molecule has 0 atom stereocenters. The zero-order valence-electron chi connectivity index (χ0n) is 23.4. The van der Waals surface area contributed by atoms with E-state index >= 15 is 0 Å². The minimum Gasteiger partial charge on any atom is -0.456 e. The molecule has 0 aliphatic rings. The van der Waals surface area contributed by atoms with Gasteiger partial charge in [0.05, 0.1) is 0 Å². The number of rotatable bonds is 3. The lowest BCUT2D eigenvalue weighted by molar-refractivity contribution is 0.669. The lowest BCUT2D eigenvalue weighted by Gasteiger charge is -2.12. The normalized spacial score (nSPS) is 11.7. The van der Waals surface area contributed by atoms with Crippen LogP contribution in [0.15, 0.2) is 162 Å². The van der Waals surface area contributed by atoms with E-state index < -0.39 is 0 Å². The largest absolute Gasteiger partial charge is 0.456 e. The minimum absolute atomic E-state index is 0.924. The van der Waals surface area contributed by atoms with E-state index in [4.69, 9.17) is 4.42 Å². The predicted octanol–water partition coefficient (Wildman–Crippen LogP) is 12.0. The monoisotopic (exact) mass is 546 g/mol. The summed E-state index contributed by atoms with van der Waals surface area (Å²) in [5, 5.41) is 9.93. The zero-order chi connectivity index (χ0) is 28.3. The molecule has 9 aromatic rings. The molecule has 8 aromatic carbocycles. The molecule has 43 heavy (non-hydrogen) atoms. The summed E-state index contributed by atoms with van der Waals surface area (Å²) in [6.45, 7) is 0. The fraction of sp³-hybridized carbons (Fsp3) is 0. The summed E-state index contributed by atoms with van der Waals surface area (Å²) in [4.78, 5) is 0. The molecule has 0 unspecified atom stereocenters. The van der Waals surface area contributed by atoms with Crippen molar-refractivity contribution in [2.24, 2.45) is 0 Å². The lowest BCUT2D eigenvalue weighted by Crippen LogP contribution is -1.85. The lowest BCUT2D eigenvalue weighted by atomic mass is 9.92. The average molecular weight is 547 g/mol. The Balaban J connectivity index is 1.10. The van der Waals surface area contributed by atoms with Gasteiger partial charge in [-0.25, -0.2) is 0 Å². The smallest absolute Gasteiger partial charge is 0.135 e. The first-order valence-corrected chi connectivity index (χ1v) is 14.8. The Hall–Kier alpha value is -5.66. The van der Waals surface area contributed by atoms with Crippen LogP contribution in [-0.4, -0.2) is 0 Å². The van der Waals surface area contributed by atoms with Gasteiger partial charge in [-0.1, -0.05) is 121 Å². The molecule has 9 rings (SSSR count). The third-order valence-electron chi connectivity index (χ3n) is 8.85. The number of hydrogen-bond donors (Lipinski definition) is 0. The average Bonchev–Trinajstić information content (AvgIpc) is 3.45. The second-order valence-corrected chi connectivity index (χ2v) is 11.4. The van der Waals surface area contributed by atoms with Crippen LogP contribution in [0.1, 0.15) is 0 Å². The highest BCUT2D eigenvalue weighted by molar-refractivity contribution is 6.14. The molecular formula is C42H26O. The van der Waals surface area contributed by atoms with Crippen molar-refractivity contribution >= 4 is 54.3 Å². The van der Waals surface area contributed by atoms with Crippen LogP contribution in [0.4, 0.5) is 0 Å². The summed E-state index contributed by atoms with van der Waals surface area (Å²) in [6, 6.07) is 57.0. The van der Waals surface area contributed by atoms with Gasteiger partial charge >= 0.3 is 0 Å². The Morgan fingerprint density at radius 1 is 0.279 bits per heavy atom. The van der Waals surface area contributed by atoms with E-state index in [9.17, 15) is 0 Å². The van der Waals surface area contributed by atoms with Gasteiger partial charge in [-0.05, 0) is 102 Å². The summed E-state index contributed by atoms with van der Waals surface area (Å²) >= 11 is 0. The molecule has 0 radical (unpaired) electrons. The maximum absolute atomic E-state index is 6.05. The van der Waals surface area contributed by atoms with E-state index in [-0.39, 0.29) is 0 Å². The van der Waals surface area contributed by atoms with E-state index in [0.717, 1.165) is 21.9 Å². The van der Waals surface area contributed by atoms with Crippen molar-refractivity contribution in [2.45, 2.75) is 0 Å². The molecule has 200 valence electrons. The third-order valence-corrected chi connectivity index (χ3v) is 8.85. The standard InChI is InChI=1S/C42H26O/c1-2-8-35-33(7-1)26-39(37-10-4-3-9-36(35)37)29-17-13-27(14-18-29)30-19-15-28-16-20-31(24-34(28)23-30)32-21-22-42-40(25-32)38-11-5-6-12-41(38)43-42/h1-26H. The van der Waals surface area contributed by atoms with Gasteiger partial charge in [-0.3, -0.25) is 0 Å². The molecule has 0 fully saturated rings. The number of hydrogen-bond acceptors (Lipinski definition) is 1. The van der Waals surface area contributed by atoms with Gasteiger partial charge in [0.15, 0.2) is 0 Å². The van der Waals surface area contributed by atoms with Crippen molar-refractivity contribution < 1.29 is 4.42 Å². The first-order chi connectivity index (χ1) is 21.3. The first kappa shape index (κ1) is 24.0. The number of benzene rings is 8. The van der Waals surface area contributed by atoms with Crippen LogP contribution < -0.4 is 0 Å². The Bertz CT molecular complexity index is 2500. The van der Waals surface area contributed by atoms with E-state index in [1.54, 1.807) is 0 Å². The van der Waals surface area contributed by atoms with Crippen molar-refractivity contribution in [1.29, 1.82) is 0 Å². The van der Waals surface area contributed by atoms with Crippen LogP contribution in [0.2, 0.25) is 0 Å². The Kier molecular flexibility index (Phi) is 5.27. The zero-order valence-corrected chi connectivity index (χ0v) is 23.4. The second kappa shape index (κ2) is 9.44. The van der Waals surface area contributed by atoms with Gasteiger partial charge in [-0.2, -0.15) is 0 Å². The molecule has 0 spiro atoms. The predicted molar refractivity (Wildman–Crippen MR) is 183 cm³/mol. The SMILES string of the molecule is c1ccc2c(c1)cc(-c1ccc(-c3ccc4ccc(-c5ccc6oc7ccccc7c6c5)cc4c3)cc1)c1ccccc12. The van der Waals surface area contributed by atoms with Crippen molar-refractivity contribution in [2.75, 3.05) is 0 Å². The summed E-state index contributed by atoms with van der Waals surface area (Å²) in [7, 11) is 0. The quantitative estimate of drug-likeness (QED) is 0.201. The third kappa shape index (κ3) is 3.94. The van der Waals surface area contributed by atoms with E-state index in [1.165, 1.54) is 65.7 Å². The van der Waals surface area contributed by atoms with Gasteiger partial charge in [0.1, 0.15) is 11.2 Å². The van der Waals surface area contributed by atoms with Gasteiger partial charge in [0.25, 0.3) is 0 Å². The molecule has 0 saturated carbocycles. The molecule has 0 aliphatic carbocycles. The first-order valence-electron chi connectivity index (χ1n) is 14.8. The number of para-hydroxylation sites is 1. The van der Waals surface area contributed by atoms with Crippen molar-refractivity contribution in [3.8, 4) is 33.4 Å². The summed E-state index contributed by atoms with van der Waals surface area (Å²) in [5.74, 6) is 0. The van der Waals surface area contributed by atoms with Crippen LogP contribution in [0.5, 0.6) is 0 Å². The topological polar surface area (TPSA) is 13.1 Å². The van der Waals surface area contributed by atoms with Gasteiger partial charge in [0, 0.05) is 10.8 Å². The van der Waals surface area contributed by atoms with Gasteiger partial charge in [-0.15, -0.1) is 0 Å². The van der Waals surface area contributed by atoms with E-state index in [1.807, 2.05) is 12.1 Å². The molecule has 0 aliphatic heterocycles. The van der Waals surface area contributed by atoms with Crippen molar-refractivity contribution in [1.82, 2.24) is 0 Å². The van der Waals surface area contributed by atoms with Crippen LogP contribution in [-0.2, 0) is 0 Å². The Labute approximate surface area is 249 Å². The molecule has 0 saturated heterocycles. The van der Waals surface area contributed by atoms with Crippen molar-refractivity contribution in [3.63, 3.8) is 0 Å². The summed E-state index contributed by atoms with van der Waals surface area (Å²) in [5.41, 5.74) is 9.19. The van der Waals surface area contributed by atoms with Crippen LogP contribution in [0.25, 0.3) is 87.6 Å². The fourth-order valence-corrected chi connectivity index (χ4v) is 6.65. The maximum Gasteiger partial charge on any atom is 0.135 e. The molecule has 0 amide bonds. The Morgan fingerprint density at radius 3 is 1.65 bits per heavy atom. The van der Waals surface area contributed by atoms with Crippen LogP contribution >= 0.6 is 0 Å². The number of furan rings is 1. The molecule has 0 N–H and O–H groups in total. The fourth-order valence-electron chi connectivity index (χ4n) is 6.65. The highest BCUT2D eigenvalue weighted by Crippen LogP contribution is 2.37. The molecule has 1 aromatic heterocycles. The van der Waals surface area contributed by atoms with E-state index in [0.29, 0.717) is 0 Å². The molecule has 0 bridgehead atoms. The Morgan fingerprint density at radius 2 is 0.837 bits per heavy atom. The van der Waals surface area contributed by atoms with Gasteiger partial charge in [0.2, 0.25) is 0 Å². The summed E-state index contributed by atoms with van der Waals surface area (Å²) < 4.78 is 6.05. The van der Waals surface area contributed by atoms with Gasteiger partial charge < -0.3 is 4.42 Å². The molecule has 1 heteroatoms. The maximum atomic E-state index is 6.05.